The van der Waals surface area contributed by atoms with Crippen LogP contribution in [0, 0.1) is 23.1 Å². The zero-order valence-corrected chi connectivity index (χ0v) is 31.1. The van der Waals surface area contributed by atoms with Crippen LogP contribution in [0.3, 0.4) is 0 Å². The van der Waals surface area contributed by atoms with Crippen LogP contribution in [0.15, 0.2) is 66.7 Å². The van der Waals surface area contributed by atoms with Crippen LogP contribution in [0.1, 0.15) is 69.6 Å². The summed E-state index contributed by atoms with van der Waals surface area (Å²) in [6, 6.07) is 17.7. The number of nitrogens with one attached hydrogen (secondary N) is 3. The molecule has 2 fully saturated rings. The molecule has 11 nitrogen and oxygen atoms in total. The Hall–Kier alpha value is -3.71. The Labute approximate surface area is 306 Å². The molecule has 0 bridgehead atoms. The van der Waals surface area contributed by atoms with Gasteiger partial charge in [-0.1, -0.05) is 42.6 Å². The molecule has 1 saturated carbocycles. The lowest BCUT2D eigenvalue weighted by Crippen LogP contribution is -2.52. The van der Waals surface area contributed by atoms with E-state index in [0.717, 1.165) is 30.4 Å². The first-order chi connectivity index (χ1) is 24.0. The molecule has 1 saturated heterocycles. The van der Waals surface area contributed by atoms with Crippen molar-refractivity contribution in [3.05, 3.63) is 94.3 Å². The summed E-state index contributed by atoms with van der Waals surface area (Å²) in [6.45, 7) is 5.28. The van der Waals surface area contributed by atoms with Crippen molar-refractivity contribution >= 4 is 56.4 Å². The predicted molar refractivity (Wildman–Crippen MR) is 195 cm³/mol. The molecule has 1 heterocycles. The van der Waals surface area contributed by atoms with Crippen LogP contribution in [0.25, 0.3) is 0 Å². The van der Waals surface area contributed by atoms with Crippen LogP contribution < -0.4 is 15.4 Å². The molecule has 0 aromatic heterocycles. The van der Waals surface area contributed by atoms with Crippen LogP contribution in [-0.4, -0.2) is 59.5 Å². The van der Waals surface area contributed by atoms with Crippen LogP contribution in [-0.2, 0) is 36.0 Å². The highest BCUT2D eigenvalue weighted by molar-refractivity contribution is 7.90. The summed E-state index contributed by atoms with van der Waals surface area (Å²) in [4.78, 5) is 28.5. The maximum atomic E-state index is 15.6. The summed E-state index contributed by atoms with van der Waals surface area (Å²) in [5.41, 5.74) is 0.607. The Morgan fingerprint density at radius 1 is 1.08 bits per heavy atom. The van der Waals surface area contributed by atoms with Gasteiger partial charge in [0, 0.05) is 28.5 Å². The largest absolute Gasteiger partial charge is 0.598 e. The number of likely N-dealkylation sites (tertiary alicyclic amines) is 1. The highest BCUT2D eigenvalue weighted by atomic mass is 35.5. The highest BCUT2D eigenvalue weighted by Crippen LogP contribution is 2.43. The monoisotopic (exact) mass is 757 g/mol. The molecule has 1 aliphatic carbocycles. The predicted octanol–water partition coefficient (Wildman–Crippen LogP) is 6.43. The Morgan fingerprint density at radius 3 is 2.39 bits per heavy atom. The van der Waals surface area contributed by atoms with Crippen LogP contribution in [0.2, 0.25) is 5.02 Å². The number of carbonyl (C=O) groups excluding carboxylic acids is 2. The topological polar surface area (TPSA) is 164 Å². The van der Waals surface area contributed by atoms with E-state index in [1.54, 1.807) is 48.5 Å². The van der Waals surface area contributed by atoms with Gasteiger partial charge in [-0.15, -0.1) is 4.72 Å². The number of rotatable bonds is 12. The van der Waals surface area contributed by atoms with E-state index >= 15 is 4.39 Å². The van der Waals surface area contributed by atoms with Gasteiger partial charge in [-0.25, -0.2) is 9.18 Å². The summed E-state index contributed by atoms with van der Waals surface area (Å²) in [5.74, 6) is -1.05. The fraction of sp³-hybridized carbons (Fsp3) is 0.417. The standard InChI is InChI=1S/C36H41ClFN5O6S2/c1-35(2,3)50(46)42-36(17-16-23-8-9-23,25-7-5-6-24(18-25)21-39)26-10-15-30(38)31(19-26)41-33(44)32-20-29(49-51(4,47)48)22-43(32)34(45)40-28-13-11-27(37)12-14-28/h5-7,10-15,18-19,23,29,32,42H,8-9,16-17,20,22H2,1-4H3,(H,40,45)(H,41,44)/t29-,32-,36-,50?/m1/s1. The lowest BCUT2D eigenvalue weighted by Gasteiger charge is -2.39. The van der Waals surface area contributed by atoms with Crippen molar-refractivity contribution in [2.45, 2.75) is 75.3 Å². The van der Waals surface area contributed by atoms with Gasteiger partial charge in [-0.2, -0.15) is 13.7 Å². The number of urea groups is 1. The fourth-order valence-corrected chi connectivity index (χ4v) is 7.76. The van der Waals surface area contributed by atoms with Crippen molar-refractivity contribution in [2.75, 3.05) is 23.4 Å². The maximum Gasteiger partial charge on any atom is 0.322 e. The van der Waals surface area contributed by atoms with Gasteiger partial charge in [0.2, 0.25) is 5.91 Å². The molecule has 15 heteroatoms. The average molecular weight is 758 g/mol. The lowest BCUT2D eigenvalue weighted by molar-refractivity contribution is -0.119. The molecule has 3 aromatic rings. The van der Waals surface area contributed by atoms with E-state index in [-0.39, 0.29) is 18.7 Å². The highest BCUT2D eigenvalue weighted by Gasteiger charge is 2.45. The molecule has 1 unspecified atom stereocenters. The maximum absolute atomic E-state index is 15.6. The summed E-state index contributed by atoms with van der Waals surface area (Å²) in [6.07, 6.45) is 3.05. The molecule has 3 amide bonds. The summed E-state index contributed by atoms with van der Waals surface area (Å²) < 4.78 is 61.2. The van der Waals surface area contributed by atoms with Gasteiger partial charge in [0.1, 0.15) is 22.1 Å². The zero-order chi connectivity index (χ0) is 37.1. The van der Waals surface area contributed by atoms with Crippen molar-refractivity contribution in [3.63, 3.8) is 0 Å². The van der Waals surface area contributed by atoms with Crippen LogP contribution in [0.5, 0.6) is 0 Å². The van der Waals surface area contributed by atoms with E-state index in [1.165, 1.54) is 12.1 Å². The number of hydrogen-bond donors (Lipinski definition) is 3. The van der Waals surface area contributed by atoms with Gasteiger partial charge in [0.05, 0.1) is 36.2 Å². The minimum Gasteiger partial charge on any atom is -0.598 e. The Morgan fingerprint density at radius 2 is 1.76 bits per heavy atom. The number of carbonyl (C=O) groups is 2. The molecular formula is C36H41ClFN5O6S2. The number of nitriles is 1. The minimum atomic E-state index is -3.93. The minimum absolute atomic E-state index is 0.174. The second kappa shape index (κ2) is 15.5. The third-order valence-corrected chi connectivity index (χ3v) is 11.4. The Bertz CT molecular complexity index is 1920. The zero-order valence-electron chi connectivity index (χ0n) is 28.7. The third kappa shape index (κ3) is 9.79. The van der Waals surface area contributed by atoms with Crippen molar-refractivity contribution in [1.82, 2.24) is 9.62 Å². The molecule has 272 valence electrons. The number of halogens is 2. The van der Waals surface area contributed by atoms with Gasteiger partial charge in [0.15, 0.2) is 0 Å². The number of nitrogens with zero attached hydrogens (tertiary/aromatic N) is 2. The van der Waals surface area contributed by atoms with Crippen molar-refractivity contribution in [3.8, 4) is 6.07 Å². The second-order valence-electron chi connectivity index (χ2n) is 14.0. The normalized spacial score (nSPS) is 19.5. The SMILES string of the molecule is CC(C)(C)[S+]([O-])N[C@](CCC1CC1)(c1cccc(C#N)c1)c1ccc(F)c(NC(=O)[C@H]2C[C@@H](OS(C)(=O)=O)CN2C(=O)Nc2ccc(Cl)cc2)c1. The van der Waals surface area contributed by atoms with Gasteiger partial charge < -0.3 is 20.1 Å². The van der Waals surface area contributed by atoms with Gasteiger partial charge in [0.25, 0.3) is 10.1 Å². The van der Waals surface area contributed by atoms with E-state index in [1.807, 2.05) is 26.8 Å². The van der Waals surface area contributed by atoms with Gasteiger partial charge in [-0.3, -0.25) is 8.98 Å². The molecule has 0 spiro atoms. The molecule has 5 rings (SSSR count). The number of hydrogen-bond acceptors (Lipinski definition) is 8. The van der Waals surface area contributed by atoms with E-state index in [9.17, 15) is 27.8 Å². The molecule has 2 aliphatic rings. The Kier molecular flexibility index (Phi) is 11.7. The molecule has 4 atom stereocenters. The molecule has 3 aromatic carbocycles. The molecular weight excluding hydrogens is 717 g/mol. The second-order valence-corrected chi connectivity index (χ2v) is 18.0. The molecule has 51 heavy (non-hydrogen) atoms. The summed E-state index contributed by atoms with van der Waals surface area (Å²) in [5, 5.41) is 15.5. The quantitative estimate of drug-likeness (QED) is 0.141. The first kappa shape index (κ1) is 38.5. The smallest absolute Gasteiger partial charge is 0.322 e. The first-order valence-electron chi connectivity index (χ1n) is 16.5. The lowest BCUT2D eigenvalue weighted by atomic mass is 9.79. The number of anilines is 2. The van der Waals surface area contributed by atoms with Crippen molar-refractivity contribution < 1.29 is 31.1 Å². The average Bonchev–Trinajstić information content (AvgIpc) is 3.81. The van der Waals surface area contributed by atoms with E-state index < -0.39 is 61.7 Å². The van der Waals surface area contributed by atoms with Crippen LogP contribution in [0.4, 0.5) is 20.6 Å². The van der Waals surface area contributed by atoms with E-state index in [0.29, 0.717) is 39.7 Å². The number of amides is 3. The molecule has 0 radical (unpaired) electrons. The van der Waals surface area contributed by atoms with Gasteiger partial charge in [-0.05, 0) is 99.2 Å². The third-order valence-electron chi connectivity index (χ3n) is 8.88. The van der Waals surface area contributed by atoms with E-state index in [2.05, 4.69) is 21.4 Å². The first-order valence-corrected chi connectivity index (χ1v) is 19.8. The van der Waals surface area contributed by atoms with E-state index in [4.69, 9.17) is 15.8 Å². The summed E-state index contributed by atoms with van der Waals surface area (Å²) >= 11 is 4.35. The van der Waals surface area contributed by atoms with Crippen LogP contribution >= 0.6 is 11.6 Å². The summed E-state index contributed by atoms with van der Waals surface area (Å²) in [7, 11) is -3.93. The number of benzene rings is 3. The van der Waals surface area contributed by atoms with Gasteiger partial charge >= 0.3 is 6.03 Å². The molecule has 1 aliphatic heterocycles. The fourth-order valence-electron chi connectivity index (χ4n) is 6.04. The molecule has 3 N–H and O–H groups in total. The Balaban J connectivity index is 1.51. The van der Waals surface area contributed by atoms with Crippen molar-refractivity contribution in [1.29, 1.82) is 5.26 Å². The van der Waals surface area contributed by atoms with Crippen molar-refractivity contribution in [2.24, 2.45) is 5.92 Å².